The lowest BCUT2D eigenvalue weighted by Crippen LogP contribution is -2.50. The zero-order valence-corrected chi connectivity index (χ0v) is 16.7. The number of hydrogen-bond acceptors (Lipinski definition) is 5. The molecule has 2 aromatic heterocycles. The van der Waals surface area contributed by atoms with Crippen LogP contribution in [0.15, 0.2) is 24.5 Å². The molecule has 1 saturated heterocycles. The maximum absolute atomic E-state index is 13.1. The lowest BCUT2D eigenvalue weighted by atomic mass is 10.1. The van der Waals surface area contributed by atoms with Gasteiger partial charge in [0.2, 0.25) is 0 Å². The van der Waals surface area contributed by atoms with Crippen molar-refractivity contribution in [1.29, 1.82) is 0 Å². The van der Waals surface area contributed by atoms with Gasteiger partial charge in [0.25, 0.3) is 5.91 Å². The molecule has 0 atom stereocenters. The molecule has 2 amide bonds. The van der Waals surface area contributed by atoms with Gasteiger partial charge < -0.3 is 19.1 Å². The third kappa shape index (κ3) is 4.50. The van der Waals surface area contributed by atoms with Crippen molar-refractivity contribution in [1.82, 2.24) is 19.4 Å². The second-order valence-corrected chi connectivity index (χ2v) is 7.42. The second-order valence-electron chi connectivity index (χ2n) is 6.44. The summed E-state index contributed by atoms with van der Waals surface area (Å²) in [5, 5.41) is 0.819. The van der Waals surface area contributed by atoms with E-state index >= 15 is 0 Å². The monoisotopic (exact) mass is 390 g/mol. The van der Waals surface area contributed by atoms with Crippen LogP contribution in [0.4, 0.5) is 4.79 Å². The predicted octanol–water partition coefficient (Wildman–Crippen LogP) is 3.19. The molecular weight excluding hydrogens is 364 g/mol. The highest BCUT2D eigenvalue weighted by Crippen LogP contribution is 2.26. The van der Waals surface area contributed by atoms with Crippen LogP contribution in [0.5, 0.6) is 0 Å². The van der Waals surface area contributed by atoms with E-state index in [-0.39, 0.29) is 12.0 Å². The van der Waals surface area contributed by atoms with E-state index in [2.05, 4.69) is 6.92 Å². The first kappa shape index (κ1) is 19.4. The Morgan fingerprint density at radius 3 is 2.41 bits per heavy atom. The molecule has 0 unspecified atom stereocenters. The number of ether oxygens (including phenoxy) is 1. The Hall–Kier alpha value is -2.35. The van der Waals surface area contributed by atoms with Crippen LogP contribution in [0.3, 0.4) is 0 Å². The van der Waals surface area contributed by atoms with E-state index in [0.717, 1.165) is 35.0 Å². The molecule has 146 valence electrons. The molecule has 3 rings (SSSR count). The average molecular weight is 391 g/mol. The minimum absolute atomic E-state index is 0.0144. The fourth-order valence-corrected chi connectivity index (χ4v) is 4.09. The fraction of sp³-hybridized carbons (Fsp3) is 0.526. The number of amides is 2. The van der Waals surface area contributed by atoms with Crippen molar-refractivity contribution in [2.75, 3.05) is 32.8 Å². The Kier molecular flexibility index (Phi) is 6.49. The summed E-state index contributed by atoms with van der Waals surface area (Å²) in [7, 11) is 0. The van der Waals surface area contributed by atoms with Crippen molar-refractivity contribution < 1.29 is 14.3 Å². The van der Waals surface area contributed by atoms with E-state index < -0.39 is 0 Å². The van der Waals surface area contributed by atoms with Gasteiger partial charge in [0.1, 0.15) is 4.88 Å². The van der Waals surface area contributed by atoms with E-state index in [1.807, 2.05) is 34.0 Å². The number of hydrogen-bond donors (Lipinski definition) is 0. The molecule has 3 heterocycles. The summed E-state index contributed by atoms with van der Waals surface area (Å²) in [5.74, 6) is 0.0144. The number of carbonyl (C=O) groups excluding carboxylic acids is 2. The highest BCUT2D eigenvalue weighted by molar-refractivity contribution is 7.16. The number of nitrogens with zero attached hydrogens (tertiary/aromatic N) is 4. The maximum atomic E-state index is 13.1. The highest BCUT2D eigenvalue weighted by Gasteiger charge is 2.28. The van der Waals surface area contributed by atoms with Crippen molar-refractivity contribution >= 4 is 23.3 Å². The Bertz CT molecular complexity index is 764. The molecular formula is C19H26N4O3S. The van der Waals surface area contributed by atoms with E-state index in [9.17, 15) is 9.59 Å². The molecule has 0 radical (unpaired) electrons. The summed E-state index contributed by atoms with van der Waals surface area (Å²) in [6, 6.07) is 3.90. The molecule has 0 saturated carbocycles. The van der Waals surface area contributed by atoms with Gasteiger partial charge in [-0.05, 0) is 31.9 Å². The molecule has 27 heavy (non-hydrogen) atoms. The van der Waals surface area contributed by atoms with Crippen molar-refractivity contribution in [3.63, 3.8) is 0 Å². The van der Waals surface area contributed by atoms with Crippen molar-refractivity contribution in [3.05, 3.63) is 35.1 Å². The van der Waals surface area contributed by atoms with Gasteiger partial charge in [0.05, 0.1) is 12.3 Å². The lowest BCUT2D eigenvalue weighted by molar-refractivity contribution is 0.0573. The third-order valence-corrected chi connectivity index (χ3v) is 5.66. The molecule has 0 spiro atoms. The number of aromatic nitrogens is 2. The Morgan fingerprint density at radius 1 is 1.11 bits per heavy atom. The largest absolute Gasteiger partial charge is 0.450 e. The molecule has 1 fully saturated rings. The first-order valence-corrected chi connectivity index (χ1v) is 10.3. The van der Waals surface area contributed by atoms with Crippen molar-refractivity contribution in [2.24, 2.45) is 0 Å². The standard InChI is InChI=1S/C19H26N4O3S/c1-3-5-8-15-16(27-18(20-15)22-9-6-7-10-22)17(24)21-11-13-23(14-12-21)19(25)26-4-2/h6-7,9-10H,3-5,8,11-14H2,1-2H3. The molecule has 7 nitrogen and oxygen atoms in total. The van der Waals surface area contributed by atoms with E-state index in [1.165, 1.54) is 11.3 Å². The quantitative estimate of drug-likeness (QED) is 0.760. The number of rotatable bonds is 6. The van der Waals surface area contributed by atoms with Crippen LogP contribution >= 0.6 is 11.3 Å². The van der Waals surface area contributed by atoms with E-state index in [4.69, 9.17) is 9.72 Å². The first-order valence-electron chi connectivity index (χ1n) is 9.48. The summed E-state index contributed by atoms with van der Waals surface area (Å²) < 4.78 is 6.98. The lowest BCUT2D eigenvalue weighted by Gasteiger charge is -2.33. The summed E-state index contributed by atoms with van der Waals surface area (Å²) in [4.78, 5) is 33.9. The summed E-state index contributed by atoms with van der Waals surface area (Å²) >= 11 is 1.44. The van der Waals surface area contributed by atoms with Crippen LogP contribution in [-0.4, -0.2) is 64.1 Å². The predicted molar refractivity (Wildman–Crippen MR) is 105 cm³/mol. The van der Waals surface area contributed by atoms with Gasteiger partial charge in [-0.25, -0.2) is 9.78 Å². The smallest absolute Gasteiger partial charge is 0.409 e. The average Bonchev–Trinajstić information content (AvgIpc) is 3.36. The third-order valence-electron chi connectivity index (χ3n) is 4.57. The Morgan fingerprint density at radius 2 is 1.78 bits per heavy atom. The molecule has 8 heteroatoms. The normalized spacial score (nSPS) is 14.4. The topological polar surface area (TPSA) is 67.7 Å². The van der Waals surface area contributed by atoms with Crippen molar-refractivity contribution in [3.8, 4) is 5.13 Å². The number of aryl methyl sites for hydroxylation is 1. The molecule has 0 N–H and O–H groups in total. The Balaban J connectivity index is 1.73. The molecule has 2 aromatic rings. The summed E-state index contributed by atoms with van der Waals surface area (Å²) in [5.41, 5.74) is 0.878. The van der Waals surface area contributed by atoms with Crippen LogP contribution in [0.1, 0.15) is 42.1 Å². The van der Waals surface area contributed by atoms with Crippen LogP contribution in [0.2, 0.25) is 0 Å². The summed E-state index contributed by atoms with van der Waals surface area (Å²) in [6.45, 7) is 6.32. The zero-order chi connectivity index (χ0) is 19.2. The minimum Gasteiger partial charge on any atom is -0.450 e. The van der Waals surface area contributed by atoms with Gasteiger partial charge in [-0.1, -0.05) is 24.7 Å². The van der Waals surface area contributed by atoms with Gasteiger partial charge in [-0.2, -0.15) is 0 Å². The van der Waals surface area contributed by atoms with E-state index in [0.29, 0.717) is 32.8 Å². The first-order chi connectivity index (χ1) is 13.1. The highest BCUT2D eigenvalue weighted by atomic mass is 32.1. The van der Waals surface area contributed by atoms with Crippen LogP contribution in [0.25, 0.3) is 5.13 Å². The molecule has 0 aliphatic carbocycles. The molecule has 0 aromatic carbocycles. The number of carbonyl (C=O) groups is 2. The van der Waals surface area contributed by atoms with Gasteiger partial charge in [0.15, 0.2) is 5.13 Å². The minimum atomic E-state index is -0.305. The van der Waals surface area contributed by atoms with Crippen LogP contribution in [-0.2, 0) is 11.2 Å². The Labute approximate surface area is 163 Å². The number of thiazole rings is 1. The van der Waals surface area contributed by atoms with E-state index in [1.54, 1.807) is 11.8 Å². The summed E-state index contributed by atoms with van der Waals surface area (Å²) in [6.07, 6.45) is 6.44. The number of piperazine rings is 1. The SMILES string of the molecule is CCCCc1nc(-n2cccc2)sc1C(=O)N1CCN(C(=O)OCC)CC1. The van der Waals surface area contributed by atoms with Gasteiger partial charge in [-0.3, -0.25) is 4.79 Å². The molecule has 1 aliphatic rings. The van der Waals surface area contributed by atoms with Gasteiger partial charge in [-0.15, -0.1) is 0 Å². The van der Waals surface area contributed by atoms with Crippen molar-refractivity contribution in [2.45, 2.75) is 33.1 Å². The van der Waals surface area contributed by atoms with Gasteiger partial charge in [0, 0.05) is 38.6 Å². The van der Waals surface area contributed by atoms with Gasteiger partial charge >= 0.3 is 6.09 Å². The maximum Gasteiger partial charge on any atom is 0.409 e. The number of unbranched alkanes of at least 4 members (excludes halogenated alkanes) is 1. The molecule has 1 aliphatic heterocycles. The van der Waals surface area contributed by atoms with Crippen LogP contribution in [0, 0.1) is 0 Å². The van der Waals surface area contributed by atoms with Crippen LogP contribution < -0.4 is 0 Å². The fourth-order valence-electron chi connectivity index (χ4n) is 3.04. The zero-order valence-electron chi connectivity index (χ0n) is 15.9. The second kappa shape index (κ2) is 9.03. The molecule has 0 bridgehead atoms.